The zero-order valence-corrected chi connectivity index (χ0v) is 8.03. The summed E-state index contributed by atoms with van der Waals surface area (Å²) in [6, 6.07) is 0. The van der Waals surface area contributed by atoms with E-state index >= 15 is 0 Å². The quantitative estimate of drug-likeness (QED) is 0.700. The van der Waals surface area contributed by atoms with Crippen LogP contribution in [-0.2, 0) is 24.3 Å². The fraction of sp³-hybridized carbons (Fsp3) is 0.750. The minimum absolute atomic E-state index is 0.0617. The number of aromatic nitrogens is 3. The molecule has 5 heteroatoms. The first kappa shape index (κ1) is 10.1. The summed E-state index contributed by atoms with van der Waals surface area (Å²) in [6.07, 6.45) is 0.733. The Hall–Kier alpha value is -0.940. The van der Waals surface area contributed by atoms with Gasteiger partial charge < -0.3 is 14.4 Å². The van der Waals surface area contributed by atoms with Gasteiger partial charge in [0.05, 0.1) is 6.61 Å². The summed E-state index contributed by atoms with van der Waals surface area (Å²) in [7, 11) is 1.65. The summed E-state index contributed by atoms with van der Waals surface area (Å²) in [5, 5.41) is 16.8. The van der Waals surface area contributed by atoms with Gasteiger partial charge in [0.15, 0.2) is 5.82 Å². The number of nitrogens with zero attached hydrogens (tertiary/aromatic N) is 3. The van der Waals surface area contributed by atoms with Gasteiger partial charge in [0.2, 0.25) is 0 Å². The minimum Gasteiger partial charge on any atom is -0.388 e. The van der Waals surface area contributed by atoms with Gasteiger partial charge in [-0.1, -0.05) is 0 Å². The second kappa shape index (κ2) is 4.94. The van der Waals surface area contributed by atoms with Gasteiger partial charge in [0.1, 0.15) is 12.4 Å². The lowest BCUT2D eigenvalue weighted by atomic mass is 10.4. The molecule has 0 aliphatic rings. The average molecular weight is 185 g/mol. The van der Waals surface area contributed by atoms with E-state index in [1.54, 1.807) is 7.11 Å². The molecular formula is C8H15N3O2. The molecule has 1 aromatic rings. The predicted octanol–water partition coefficient (Wildman–Crippen LogP) is -0.0208. The van der Waals surface area contributed by atoms with Crippen LogP contribution in [0.4, 0.5) is 0 Å². The Morgan fingerprint density at radius 1 is 1.38 bits per heavy atom. The Kier molecular flexibility index (Phi) is 3.85. The summed E-state index contributed by atoms with van der Waals surface area (Å²) in [4.78, 5) is 0. The van der Waals surface area contributed by atoms with Crippen molar-refractivity contribution < 1.29 is 9.84 Å². The molecule has 1 N–H and O–H groups in total. The molecule has 0 saturated heterocycles. The van der Waals surface area contributed by atoms with Crippen molar-refractivity contribution in [1.82, 2.24) is 14.8 Å². The third-order valence-electron chi connectivity index (χ3n) is 1.89. The predicted molar refractivity (Wildman–Crippen MR) is 47.2 cm³/mol. The lowest BCUT2D eigenvalue weighted by Gasteiger charge is -2.04. The van der Waals surface area contributed by atoms with E-state index in [-0.39, 0.29) is 6.61 Å². The number of methoxy groups -OCH3 is 1. The third-order valence-corrected chi connectivity index (χ3v) is 1.89. The second-order valence-electron chi connectivity index (χ2n) is 2.68. The zero-order valence-electron chi connectivity index (χ0n) is 8.03. The SMILES string of the molecule is CCn1c(CO)nnc1CCOC. The Morgan fingerprint density at radius 2 is 2.08 bits per heavy atom. The van der Waals surface area contributed by atoms with Crippen molar-refractivity contribution >= 4 is 0 Å². The van der Waals surface area contributed by atoms with Crippen molar-refractivity contribution in [2.24, 2.45) is 0 Å². The topological polar surface area (TPSA) is 60.2 Å². The van der Waals surface area contributed by atoms with E-state index in [0.717, 1.165) is 18.8 Å². The molecule has 0 bridgehead atoms. The van der Waals surface area contributed by atoms with E-state index in [1.807, 2.05) is 11.5 Å². The van der Waals surface area contributed by atoms with Crippen molar-refractivity contribution in [3.05, 3.63) is 11.6 Å². The molecule has 0 aliphatic heterocycles. The summed E-state index contributed by atoms with van der Waals surface area (Å²) in [6.45, 7) is 3.35. The number of hydrogen-bond acceptors (Lipinski definition) is 4. The van der Waals surface area contributed by atoms with E-state index in [4.69, 9.17) is 9.84 Å². The van der Waals surface area contributed by atoms with Crippen molar-refractivity contribution in [1.29, 1.82) is 0 Å². The molecule has 0 amide bonds. The van der Waals surface area contributed by atoms with Crippen LogP contribution >= 0.6 is 0 Å². The van der Waals surface area contributed by atoms with Crippen LogP contribution in [0, 0.1) is 0 Å². The fourth-order valence-corrected chi connectivity index (χ4v) is 1.23. The highest BCUT2D eigenvalue weighted by Gasteiger charge is 2.08. The highest BCUT2D eigenvalue weighted by molar-refractivity contribution is 4.94. The Bertz CT molecular complexity index is 260. The van der Waals surface area contributed by atoms with Crippen molar-refractivity contribution in [3.8, 4) is 0 Å². The van der Waals surface area contributed by atoms with Gasteiger partial charge in [-0.2, -0.15) is 0 Å². The molecule has 1 rings (SSSR count). The molecule has 1 aromatic heterocycles. The van der Waals surface area contributed by atoms with Crippen LogP contribution in [0.5, 0.6) is 0 Å². The van der Waals surface area contributed by atoms with Crippen LogP contribution in [0.1, 0.15) is 18.6 Å². The van der Waals surface area contributed by atoms with E-state index in [0.29, 0.717) is 12.4 Å². The highest BCUT2D eigenvalue weighted by Crippen LogP contribution is 2.02. The van der Waals surface area contributed by atoms with Gasteiger partial charge in [-0.05, 0) is 6.92 Å². The molecule has 0 aromatic carbocycles. The van der Waals surface area contributed by atoms with Gasteiger partial charge in [-0.15, -0.1) is 10.2 Å². The summed E-state index contributed by atoms with van der Waals surface area (Å²) < 4.78 is 6.85. The highest BCUT2D eigenvalue weighted by atomic mass is 16.5. The molecule has 0 radical (unpaired) electrons. The lowest BCUT2D eigenvalue weighted by molar-refractivity contribution is 0.199. The fourth-order valence-electron chi connectivity index (χ4n) is 1.23. The first-order valence-corrected chi connectivity index (χ1v) is 4.34. The monoisotopic (exact) mass is 185 g/mol. The number of aliphatic hydroxyl groups excluding tert-OH is 1. The largest absolute Gasteiger partial charge is 0.388 e. The lowest BCUT2D eigenvalue weighted by Crippen LogP contribution is -2.08. The third kappa shape index (κ3) is 2.26. The summed E-state index contributed by atoms with van der Waals surface area (Å²) in [5.41, 5.74) is 0. The van der Waals surface area contributed by atoms with E-state index in [2.05, 4.69) is 10.2 Å². The van der Waals surface area contributed by atoms with Gasteiger partial charge in [0, 0.05) is 20.1 Å². The van der Waals surface area contributed by atoms with Crippen LogP contribution in [0.3, 0.4) is 0 Å². The molecule has 5 nitrogen and oxygen atoms in total. The number of hydrogen-bond donors (Lipinski definition) is 1. The van der Waals surface area contributed by atoms with Crippen LogP contribution in [0.15, 0.2) is 0 Å². The van der Waals surface area contributed by atoms with Crippen LogP contribution < -0.4 is 0 Å². The van der Waals surface area contributed by atoms with Crippen molar-refractivity contribution in [3.63, 3.8) is 0 Å². The van der Waals surface area contributed by atoms with E-state index < -0.39 is 0 Å². The Labute approximate surface area is 77.4 Å². The first-order valence-electron chi connectivity index (χ1n) is 4.34. The van der Waals surface area contributed by atoms with Gasteiger partial charge >= 0.3 is 0 Å². The average Bonchev–Trinajstić information content (AvgIpc) is 2.56. The standard InChI is InChI=1S/C8H15N3O2/c1-3-11-7(4-5-13-2)9-10-8(11)6-12/h12H,3-6H2,1-2H3. The molecule has 0 unspecified atom stereocenters. The molecule has 74 valence electrons. The van der Waals surface area contributed by atoms with Crippen LogP contribution in [0.25, 0.3) is 0 Å². The van der Waals surface area contributed by atoms with Crippen molar-refractivity contribution in [2.45, 2.75) is 26.5 Å². The van der Waals surface area contributed by atoms with Gasteiger partial charge in [-0.3, -0.25) is 0 Å². The van der Waals surface area contributed by atoms with E-state index in [1.165, 1.54) is 0 Å². The molecule has 0 atom stereocenters. The number of aliphatic hydroxyl groups is 1. The van der Waals surface area contributed by atoms with Crippen molar-refractivity contribution in [2.75, 3.05) is 13.7 Å². The molecule has 0 spiro atoms. The van der Waals surface area contributed by atoms with Gasteiger partial charge in [0.25, 0.3) is 0 Å². The molecule has 0 saturated carbocycles. The summed E-state index contributed by atoms with van der Waals surface area (Å²) in [5.74, 6) is 1.49. The van der Waals surface area contributed by atoms with Crippen LogP contribution in [0.2, 0.25) is 0 Å². The second-order valence-corrected chi connectivity index (χ2v) is 2.68. The minimum atomic E-state index is -0.0617. The maximum Gasteiger partial charge on any atom is 0.158 e. The Morgan fingerprint density at radius 3 is 2.62 bits per heavy atom. The smallest absolute Gasteiger partial charge is 0.158 e. The molecule has 13 heavy (non-hydrogen) atoms. The molecule has 1 heterocycles. The number of rotatable bonds is 5. The van der Waals surface area contributed by atoms with Gasteiger partial charge in [-0.25, -0.2) is 0 Å². The molecule has 0 fully saturated rings. The Balaban J connectivity index is 2.75. The maximum absolute atomic E-state index is 8.93. The normalized spacial score (nSPS) is 10.7. The summed E-state index contributed by atoms with van der Waals surface area (Å²) >= 11 is 0. The van der Waals surface area contributed by atoms with Crippen LogP contribution in [-0.4, -0.2) is 33.6 Å². The zero-order chi connectivity index (χ0) is 9.68. The molecular weight excluding hydrogens is 170 g/mol. The maximum atomic E-state index is 8.93. The first-order chi connectivity index (χ1) is 6.33. The van der Waals surface area contributed by atoms with E-state index in [9.17, 15) is 0 Å². The number of ether oxygens (including phenoxy) is 1. The molecule has 0 aliphatic carbocycles.